The molecule has 0 aliphatic heterocycles. The molecule has 0 bridgehead atoms. The highest BCUT2D eigenvalue weighted by Gasteiger charge is 2.15. The van der Waals surface area contributed by atoms with Gasteiger partial charge in [-0.2, -0.15) is 0 Å². The number of thioether (sulfide) groups is 1. The van der Waals surface area contributed by atoms with E-state index in [2.05, 4.69) is 0 Å². The van der Waals surface area contributed by atoms with Crippen molar-refractivity contribution in [3.8, 4) is 0 Å². The Morgan fingerprint density at radius 2 is 1.68 bits per heavy atom. The molecule has 0 aliphatic carbocycles. The van der Waals surface area contributed by atoms with E-state index >= 15 is 0 Å². The predicted octanol–water partition coefficient (Wildman–Crippen LogP) is 3.73. The number of carbonyl (C=O) groups is 2. The Bertz CT molecular complexity index is 692. The van der Waals surface area contributed by atoms with Crippen molar-refractivity contribution in [2.75, 3.05) is 12.3 Å². The van der Waals surface area contributed by atoms with E-state index in [0.717, 1.165) is 10.5 Å². The van der Waals surface area contributed by atoms with Crippen molar-refractivity contribution in [1.29, 1.82) is 0 Å². The minimum Gasteiger partial charge on any atom is -0.370 e. The molecule has 0 aliphatic rings. The highest BCUT2D eigenvalue weighted by molar-refractivity contribution is 7.99. The van der Waals surface area contributed by atoms with Crippen molar-refractivity contribution in [2.45, 2.75) is 24.3 Å². The quantitative estimate of drug-likeness (QED) is 0.678. The number of benzene rings is 2. The molecule has 25 heavy (non-hydrogen) atoms. The SMILES string of the molecule is NC(=O)CCN(Cc1ccccc1)C(=O)CCSc1ccc(Cl)cc1. The summed E-state index contributed by atoms with van der Waals surface area (Å²) in [5, 5.41) is 0.695. The Labute approximate surface area is 157 Å². The van der Waals surface area contributed by atoms with E-state index in [4.69, 9.17) is 17.3 Å². The van der Waals surface area contributed by atoms with Crippen molar-refractivity contribution in [3.63, 3.8) is 0 Å². The highest BCUT2D eigenvalue weighted by Crippen LogP contribution is 2.21. The summed E-state index contributed by atoms with van der Waals surface area (Å²) in [7, 11) is 0. The third-order valence-electron chi connectivity index (χ3n) is 3.60. The number of nitrogens with two attached hydrogens (primary N) is 1. The van der Waals surface area contributed by atoms with Crippen LogP contribution in [0.3, 0.4) is 0 Å². The van der Waals surface area contributed by atoms with Gasteiger partial charge in [-0.3, -0.25) is 9.59 Å². The van der Waals surface area contributed by atoms with Crippen LogP contribution in [-0.2, 0) is 16.1 Å². The number of primary amides is 1. The Morgan fingerprint density at radius 1 is 1.00 bits per heavy atom. The lowest BCUT2D eigenvalue weighted by molar-refractivity contribution is -0.131. The van der Waals surface area contributed by atoms with Crippen LogP contribution in [-0.4, -0.2) is 29.0 Å². The Kier molecular flexibility index (Phi) is 7.82. The summed E-state index contributed by atoms with van der Waals surface area (Å²) < 4.78 is 0. The molecule has 6 heteroatoms. The molecule has 2 rings (SSSR count). The molecule has 132 valence electrons. The average molecular weight is 377 g/mol. The number of carbonyl (C=O) groups excluding carboxylic acids is 2. The van der Waals surface area contributed by atoms with Crippen LogP contribution in [0.4, 0.5) is 0 Å². The normalized spacial score (nSPS) is 10.4. The predicted molar refractivity (Wildman–Crippen MR) is 102 cm³/mol. The summed E-state index contributed by atoms with van der Waals surface area (Å²) in [6.45, 7) is 0.827. The van der Waals surface area contributed by atoms with Gasteiger partial charge in [0.25, 0.3) is 0 Å². The number of rotatable bonds is 9. The molecule has 0 fully saturated rings. The van der Waals surface area contributed by atoms with Crippen molar-refractivity contribution >= 4 is 35.2 Å². The molecule has 0 atom stereocenters. The lowest BCUT2D eigenvalue weighted by Gasteiger charge is -2.22. The van der Waals surface area contributed by atoms with Gasteiger partial charge in [-0.1, -0.05) is 41.9 Å². The van der Waals surface area contributed by atoms with Crippen LogP contribution >= 0.6 is 23.4 Å². The van der Waals surface area contributed by atoms with E-state index in [1.165, 1.54) is 0 Å². The summed E-state index contributed by atoms with van der Waals surface area (Å²) in [6, 6.07) is 17.3. The molecule has 0 saturated heterocycles. The van der Waals surface area contributed by atoms with E-state index in [1.54, 1.807) is 16.7 Å². The van der Waals surface area contributed by atoms with E-state index in [-0.39, 0.29) is 12.3 Å². The van der Waals surface area contributed by atoms with Gasteiger partial charge in [-0.25, -0.2) is 0 Å². The molecular weight excluding hydrogens is 356 g/mol. The van der Waals surface area contributed by atoms with Crippen LogP contribution in [0.15, 0.2) is 59.5 Å². The van der Waals surface area contributed by atoms with E-state index in [9.17, 15) is 9.59 Å². The van der Waals surface area contributed by atoms with Gasteiger partial charge in [0.05, 0.1) is 0 Å². The Balaban J connectivity index is 1.89. The molecule has 0 heterocycles. The molecule has 0 aromatic heterocycles. The van der Waals surface area contributed by atoms with Gasteiger partial charge in [-0.05, 0) is 29.8 Å². The molecule has 2 aromatic rings. The van der Waals surface area contributed by atoms with E-state index in [0.29, 0.717) is 30.3 Å². The first kappa shape index (κ1) is 19.3. The van der Waals surface area contributed by atoms with Crippen LogP contribution in [0.25, 0.3) is 0 Å². The van der Waals surface area contributed by atoms with Gasteiger partial charge < -0.3 is 10.6 Å². The zero-order chi connectivity index (χ0) is 18.1. The number of hydrogen-bond acceptors (Lipinski definition) is 3. The van der Waals surface area contributed by atoms with Crippen molar-refractivity contribution in [3.05, 3.63) is 65.2 Å². The average Bonchev–Trinajstić information content (AvgIpc) is 2.61. The van der Waals surface area contributed by atoms with Crippen LogP contribution in [0.5, 0.6) is 0 Å². The lowest BCUT2D eigenvalue weighted by Crippen LogP contribution is -2.33. The van der Waals surface area contributed by atoms with Gasteiger partial charge in [0.2, 0.25) is 11.8 Å². The first-order valence-electron chi connectivity index (χ1n) is 8.03. The summed E-state index contributed by atoms with van der Waals surface area (Å²) in [6.07, 6.45) is 0.571. The molecular formula is C19H21ClN2O2S. The van der Waals surface area contributed by atoms with E-state index in [1.807, 2.05) is 54.6 Å². The fraction of sp³-hybridized carbons (Fsp3) is 0.263. The Morgan fingerprint density at radius 3 is 2.32 bits per heavy atom. The fourth-order valence-electron chi connectivity index (χ4n) is 2.29. The third kappa shape index (κ3) is 7.20. The largest absolute Gasteiger partial charge is 0.370 e. The lowest BCUT2D eigenvalue weighted by atomic mass is 10.2. The summed E-state index contributed by atoms with van der Waals surface area (Å²) in [5.41, 5.74) is 6.26. The molecule has 0 unspecified atom stereocenters. The van der Waals surface area contributed by atoms with Gasteiger partial charge in [0, 0.05) is 41.6 Å². The molecule has 0 radical (unpaired) electrons. The van der Waals surface area contributed by atoms with E-state index < -0.39 is 5.91 Å². The zero-order valence-electron chi connectivity index (χ0n) is 13.9. The van der Waals surface area contributed by atoms with Gasteiger partial charge >= 0.3 is 0 Å². The molecule has 4 nitrogen and oxygen atoms in total. The maximum Gasteiger partial charge on any atom is 0.223 e. The third-order valence-corrected chi connectivity index (χ3v) is 4.86. The second-order valence-corrected chi connectivity index (χ2v) is 7.17. The Hall–Kier alpha value is -1.98. The van der Waals surface area contributed by atoms with Crippen LogP contribution in [0, 0.1) is 0 Å². The van der Waals surface area contributed by atoms with Crippen LogP contribution in [0.1, 0.15) is 18.4 Å². The molecule has 2 aromatic carbocycles. The first-order valence-corrected chi connectivity index (χ1v) is 9.39. The second kappa shape index (κ2) is 10.1. The summed E-state index contributed by atoms with van der Waals surface area (Å²) in [5.74, 6) is 0.287. The van der Waals surface area contributed by atoms with Crippen molar-refractivity contribution in [2.24, 2.45) is 5.73 Å². The first-order chi connectivity index (χ1) is 12.0. The summed E-state index contributed by atoms with van der Waals surface area (Å²) >= 11 is 7.48. The van der Waals surface area contributed by atoms with Crippen LogP contribution in [0.2, 0.25) is 5.02 Å². The maximum atomic E-state index is 12.5. The molecule has 2 N–H and O–H groups in total. The molecule has 0 saturated carbocycles. The monoisotopic (exact) mass is 376 g/mol. The zero-order valence-corrected chi connectivity index (χ0v) is 15.4. The summed E-state index contributed by atoms with van der Waals surface area (Å²) in [4.78, 5) is 26.4. The van der Waals surface area contributed by atoms with Gasteiger partial charge in [0.1, 0.15) is 0 Å². The minimum absolute atomic E-state index is 0.0200. The maximum absolute atomic E-state index is 12.5. The van der Waals surface area contributed by atoms with Gasteiger partial charge in [-0.15, -0.1) is 11.8 Å². The van der Waals surface area contributed by atoms with Crippen molar-refractivity contribution in [1.82, 2.24) is 4.90 Å². The van der Waals surface area contributed by atoms with Crippen molar-refractivity contribution < 1.29 is 9.59 Å². The molecule has 2 amide bonds. The van der Waals surface area contributed by atoms with Gasteiger partial charge in [0.15, 0.2) is 0 Å². The number of amides is 2. The number of nitrogens with zero attached hydrogens (tertiary/aromatic N) is 1. The fourth-order valence-corrected chi connectivity index (χ4v) is 3.25. The van der Waals surface area contributed by atoms with Crippen LogP contribution < -0.4 is 5.73 Å². The number of hydrogen-bond donors (Lipinski definition) is 1. The smallest absolute Gasteiger partial charge is 0.223 e. The molecule has 0 spiro atoms. The standard InChI is InChI=1S/C19H21ClN2O2S/c20-16-6-8-17(9-7-16)25-13-11-19(24)22(12-10-18(21)23)14-15-4-2-1-3-5-15/h1-9H,10-14H2,(H2,21,23). The number of halogens is 1. The highest BCUT2D eigenvalue weighted by atomic mass is 35.5. The minimum atomic E-state index is -0.401. The topological polar surface area (TPSA) is 63.4 Å². The second-order valence-electron chi connectivity index (χ2n) is 5.57.